The van der Waals surface area contributed by atoms with E-state index in [2.05, 4.69) is 5.32 Å². The maximum absolute atomic E-state index is 11.2. The largest absolute Gasteiger partial charge is 0.480 e. The Morgan fingerprint density at radius 1 is 1.44 bits per heavy atom. The van der Waals surface area contributed by atoms with Crippen molar-refractivity contribution in [3.63, 3.8) is 0 Å². The molecule has 0 radical (unpaired) electrons. The first kappa shape index (κ1) is 11.0. The van der Waals surface area contributed by atoms with E-state index in [4.69, 9.17) is 18.1 Å². The molecule has 5 heteroatoms. The Kier molecular flexibility index (Phi) is 4.19. The molecule has 1 aromatic rings. The molecule has 16 heavy (non-hydrogen) atoms. The topological polar surface area (TPSA) is 66.4 Å². The van der Waals surface area contributed by atoms with Crippen LogP contribution in [-0.4, -0.2) is 28.9 Å². The molecule has 86 valence electrons. The molecule has 1 unspecified atom stereocenters. The molecule has 0 heterocycles. The van der Waals surface area contributed by atoms with E-state index in [1.54, 1.807) is 24.3 Å². The lowest BCUT2D eigenvalue weighted by Crippen LogP contribution is -2.42. The van der Waals surface area contributed by atoms with Crippen molar-refractivity contribution in [3.05, 3.63) is 35.9 Å². The van der Waals surface area contributed by atoms with Crippen LogP contribution in [0.4, 0.5) is 0 Å². The first-order valence-corrected chi connectivity index (χ1v) is 5.08. The Hall–Kier alpha value is -1.55. The van der Waals surface area contributed by atoms with Gasteiger partial charge in [-0.2, -0.15) is 0 Å². The number of amides is 1. The summed E-state index contributed by atoms with van der Waals surface area (Å²) in [5.41, 5.74) is 0.788. The van der Waals surface area contributed by atoms with Crippen LogP contribution in [0.3, 0.4) is 0 Å². The third kappa shape index (κ3) is 3.90. The molecule has 2 N–H and O–H groups in total. The highest BCUT2D eigenvalue weighted by Gasteiger charge is 2.19. The molecule has 4 nitrogen and oxygen atoms in total. The lowest BCUT2D eigenvalue weighted by atomic mass is 10.1. The molecule has 1 amide bonds. The van der Waals surface area contributed by atoms with E-state index in [1.807, 2.05) is 6.07 Å². The summed E-state index contributed by atoms with van der Waals surface area (Å²) in [6.45, 7) is 0. The molecule has 0 spiro atoms. The highest BCUT2D eigenvalue weighted by Crippen LogP contribution is 2.03. The summed E-state index contributed by atoms with van der Waals surface area (Å²) in [5, 5.41) is 11.2. The Morgan fingerprint density at radius 3 is 2.56 bits per heavy atom. The third-order valence-corrected chi connectivity index (χ3v) is 2.19. The zero-order valence-corrected chi connectivity index (χ0v) is 9.15. The second-order valence-corrected chi connectivity index (χ2v) is 3.42. The van der Waals surface area contributed by atoms with Gasteiger partial charge < -0.3 is 10.4 Å². The number of hydrogen-bond acceptors (Lipinski definition) is 2. The van der Waals surface area contributed by atoms with Gasteiger partial charge in [-0.15, -0.1) is 11.6 Å². The Morgan fingerprint density at radius 2 is 2.06 bits per heavy atom. The van der Waals surface area contributed by atoms with E-state index in [0.29, 0.717) is 0 Å². The molecular weight excluding hydrogens is 230 g/mol. The van der Waals surface area contributed by atoms with Gasteiger partial charge in [0.1, 0.15) is 11.9 Å². The molecule has 0 bridgehead atoms. The predicted molar refractivity (Wildman–Crippen MR) is 60.4 cm³/mol. The van der Waals surface area contributed by atoms with Crippen LogP contribution in [0.15, 0.2) is 30.3 Å². The second kappa shape index (κ2) is 6.12. The van der Waals surface area contributed by atoms with Gasteiger partial charge in [-0.05, 0) is 5.56 Å². The van der Waals surface area contributed by atoms with Crippen LogP contribution in [0.5, 0.6) is 0 Å². The number of carbonyl (C=O) groups is 2. The number of aliphatic carboxylic acids is 1. The Labute approximate surface area is 99.6 Å². The van der Waals surface area contributed by atoms with E-state index < -0.39 is 23.8 Å². The SMILES string of the molecule is [2H]C(Cl)C(=O)N[C@@H](Cc1ccccc1)C(=O)O. The second-order valence-electron chi connectivity index (χ2n) is 3.20. The average molecular weight is 243 g/mol. The number of rotatable bonds is 5. The summed E-state index contributed by atoms with van der Waals surface area (Å²) < 4.78 is 6.96. The minimum absolute atomic E-state index is 0.158. The van der Waals surface area contributed by atoms with E-state index >= 15 is 0 Å². The highest BCUT2D eigenvalue weighted by molar-refractivity contribution is 6.27. The van der Waals surface area contributed by atoms with Crippen LogP contribution < -0.4 is 5.32 Å². The monoisotopic (exact) mass is 242 g/mol. The van der Waals surface area contributed by atoms with Crippen LogP contribution in [0.2, 0.25) is 0 Å². The summed E-state index contributed by atoms with van der Waals surface area (Å²) in [7, 11) is 0. The Bertz CT molecular complexity index is 397. The Balaban J connectivity index is 2.68. The molecule has 0 saturated heterocycles. The third-order valence-electron chi connectivity index (χ3n) is 2.00. The minimum Gasteiger partial charge on any atom is -0.480 e. The molecular formula is C11H12ClNO3. The molecule has 1 aromatic carbocycles. The van der Waals surface area contributed by atoms with E-state index in [9.17, 15) is 9.59 Å². The maximum Gasteiger partial charge on any atom is 0.326 e. The summed E-state index contributed by atoms with van der Waals surface area (Å²) in [4.78, 5) is 22.1. The first-order chi connectivity index (χ1) is 8.00. The summed E-state index contributed by atoms with van der Waals surface area (Å²) in [5.74, 6) is -3.46. The number of benzene rings is 1. The molecule has 0 saturated carbocycles. The van der Waals surface area contributed by atoms with Gasteiger partial charge >= 0.3 is 5.97 Å². The van der Waals surface area contributed by atoms with Gasteiger partial charge in [-0.25, -0.2) is 4.79 Å². The van der Waals surface area contributed by atoms with Crippen molar-refractivity contribution in [1.82, 2.24) is 5.32 Å². The lowest BCUT2D eigenvalue weighted by molar-refractivity contribution is -0.141. The molecule has 2 atom stereocenters. The van der Waals surface area contributed by atoms with Crippen molar-refractivity contribution in [2.45, 2.75) is 12.5 Å². The van der Waals surface area contributed by atoms with Crippen molar-refractivity contribution in [2.75, 3.05) is 5.86 Å². The van der Waals surface area contributed by atoms with E-state index in [1.165, 1.54) is 0 Å². The fraction of sp³-hybridized carbons (Fsp3) is 0.273. The lowest BCUT2D eigenvalue weighted by Gasteiger charge is -2.13. The van der Waals surface area contributed by atoms with Gasteiger partial charge in [0.25, 0.3) is 0 Å². The van der Waals surface area contributed by atoms with Crippen molar-refractivity contribution >= 4 is 23.5 Å². The smallest absolute Gasteiger partial charge is 0.326 e. The summed E-state index contributed by atoms with van der Waals surface area (Å²) >= 11 is 5.24. The van der Waals surface area contributed by atoms with Gasteiger partial charge in [0, 0.05) is 6.42 Å². The maximum atomic E-state index is 11.2. The van der Waals surface area contributed by atoms with Gasteiger partial charge in [-0.1, -0.05) is 30.3 Å². The van der Waals surface area contributed by atoms with Crippen LogP contribution in [-0.2, 0) is 16.0 Å². The van der Waals surface area contributed by atoms with Crippen LogP contribution in [0.1, 0.15) is 6.93 Å². The zero-order valence-electron chi connectivity index (χ0n) is 9.39. The zero-order chi connectivity index (χ0) is 12.8. The number of alkyl halides is 1. The highest BCUT2D eigenvalue weighted by atomic mass is 35.5. The number of nitrogens with one attached hydrogen (secondary N) is 1. The quantitative estimate of drug-likeness (QED) is 0.758. The summed E-state index contributed by atoms with van der Waals surface area (Å²) in [6.07, 6.45) is 0.158. The van der Waals surface area contributed by atoms with Crippen molar-refractivity contribution < 1.29 is 16.1 Å². The van der Waals surface area contributed by atoms with E-state index in [0.717, 1.165) is 5.56 Å². The van der Waals surface area contributed by atoms with Crippen molar-refractivity contribution in [3.8, 4) is 0 Å². The molecule has 0 aromatic heterocycles. The standard InChI is InChI=1S/C11H12ClNO3/c12-7-10(14)13-9(11(15)16)6-8-4-2-1-3-5-8/h1-5,9H,6-7H2,(H,13,14)(H,15,16)/t9-/m0/s1/i7D/t7?,9-. The number of carbonyl (C=O) groups excluding carboxylic acids is 1. The van der Waals surface area contributed by atoms with Gasteiger partial charge in [-0.3, -0.25) is 4.79 Å². The fourth-order valence-electron chi connectivity index (χ4n) is 1.25. The van der Waals surface area contributed by atoms with Crippen molar-refractivity contribution in [2.24, 2.45) is 0 Å². The number of carboxylic acids is 1. The molecule has 0 aliphatic rings. The number of halogens is 1. The normalized spacial score (nSPS) is 14.7. The minimum atomic E-state index is -1.49. The number of hydrogen-bond donors (Lipinski definition) is 2. The van der Waals surface area contributed by atoms with Crippen molar-refractivity contribution in [1.29, 1.82) is 0 Å². The first-order valence-electron chi connectivity index (χ1n) is 5.22. The summed E-state index contributed by atoms with van der Waals surface area (Å²) in [6, 6.07) is 7.84. The fourth-order valence-corrected chi connectivity index (χ4v) is 1.32. The van der Waals surface area contributed by atoms with Gasteiger partial charge in [0.05, 0.1) is 1.37 Å². The van der Waals surface area contributed by atoms with Crippen LogP contribution in [0, 0.1) is 0 Å². The molecule has 1 rings (SSSR count). The van der Waals surface area contributed by atoms with Gasteiger partial charge in [0.2, 0.25) is 5.91 Å². The molecule has 0 fully saturated rings. The van der Waals surface area contributed by atoms with Gasteiger partial charge in [0.15, 0.2) is 0 Å². The van der Waals surface area contributed by atoms with Crippen LogP contribution in [0.25, 0.3) is 0 Å². The average Bonchev–Trinajstić information content (AvgIpc) is 2.29. The number of carboxylic acid groups (broad SMARTS) is 1. The van der Waals surface area contributed by atoms with Crippen LogP contribution >= 0.6 is 11.6 Å². The van der Waals surface area contributed by atoms with E-state index in [-0.39, 0.29) is 6.42 Å². The predicted octanol–water partition coefficient (Wildman–Crippen LogP) is 1.04. The molecule has 0 aliphatic carbocycles. The molecule has 0 aliphatic heterocycles.